The summed E-state index contributed by atoms with van der Waals surface area (Å²) in [7, 11) is -3.59. The van der Waals surface area contributed by atoms with E-state index in [1.165, 1.54) is 28.6 Å². The summed E-state index contributed by atoms with van der Waals surface area (Å²) in [6, 6.07) is 14.4. The lowest BCUT2D eigenvalue weighted by molar-refractivity contribution is -0.113. The molecule has 0 saturated carbocycles. The van der Waals surface area contributed by atoms with Gasteiger partial charge in [0.25, 0.3) is 5.56 Å². The van der Waals surface area contributed by atoms with Gasteiger partial charge in [0.1, 0.15) is 11.6 Å². The molecule has 0 unspecified atom stereocenters. The highest BCUT2D eigenvalue weighted by atomic mass is 35.5. The number of benzene rings is 2. The van der Waals surface area contributed by atoms with Crippen LogP contribution < -0.4 is 10.9 Å². The first-order chi connectivity index (χ1) is 16.7. The van der Waals surface area contributed by atoms with E-state index in [-0.39, 0.29) is 33.0 Å². The van der Waals surface area contributed by atoms with Gasteiger partial charge in [0.2, 0.25) is 15.9 Å². The maximum atomic E-state index is 12.6. The van der Waals surface area contributed by atoms with E-state index in [4.69, 9.17) is 11.6 Å². The molecule has 0 radical (unpaired) electrons. The Kier molecular flexibility index (Phi) is 8.69. The van der Waals surface area contributed by atoms with Crippen LogP contribution in [0.15, 0.2) is 63.4 Å². The van der Waals surface area contributed by atoms with Gasteiger partial charge < -0.3 is 10.3 Å². The average Bonchev–Trinajstić information content (AvgIpc) is 2.83. The van der Waals surface area contributed by atoms with Crippen LogP contribution in [0.4, 0.5) is 5.69 Å². The second-order valence-corrected chi connectivity index (χ2v) is 10.5. The van der Waals surface area contributed by atoms with Crippen molar-refractivity contribution < 1.29 is 13.2 Å². The first-order valence-corrected chi connectivity index (χ1v) is 13.3. The third-order valence-electron chi connectivity index (χ3n) is 4.93. The summed E-state index contributed by atoms with van der Waals surface area (Å²) >= 11 is 7.01. The molecule has 3 rings (SSSR count). The van der Waals surface area contributed by atoms with E-state index >= 15 is 0 Å². The molecule has 0 aliphatic rings. The number of nitrogens with zero attached hydrogens (tertiary/aromatic N) is 3. The van der Waals surface area contributed by atoms with E-state index in [9.17, 15) is 23.3 Å². The van der Waals surface area contributed by atoms with Crippen molar-refractivity contribution in [2.75, 3.05) is 24.2 Å². The molecule has 0 fully saturated rings. The topological polar surface area (TPSA) is 136 Å². The maximum Gasteiger partial charge on any atom is 0.270 e. The van der Waals surface area contributed by atoms with Gasteiger partial charge in [-0.05, 0) is 36.4 Å². The minimum atomic E-state index is -3.59. The zero-order valence-corrected chi connectivity index (χ0v) is 21.3. The highest BCUT2D eigenvalue weighted by Gasteiger charge is 2.21. The van der Waals surface area contributed by atoms with Gasteiger partial charge in [-0.15, -0.1) is 0 Å². The van der Waals surface area contributed by atoms with Crippen LogP contribution in [0, 0.1) is 11.3 Å². The van der Waals surface area contributed by atoms with E-state index in [0.29, 0.717) is 29.4 Å². The van der Waals surface area contributed by atoms with Gasteiger partial charge in [-0.2, -0.15) is 9.57 Å². The molecule has 0 atom stereocenters. The fraction of sp³-hybridized carbons (Fsp3) is 0.217. The molecule has 0 saturated heterocycles. The molecule has 35 heavy (non-hydrogen) atoms. The van der Waals surface area contributed by atoms with Crippen LogP contribution in [-0.2, 0) is 14.8 Å². The van der Waals surface area contributed by atoms with Gasteiger partial charge in [0.15, 0.2) is 5.16 Å². The lowest BCUT2D eigenvalue weighted by atomic mass is 10.1. The number of aromatic amines is 1. The second kappa shape index (κ2) is 11.5. The molecule has 182 valence electrons. The molecular formula is C23H22ClN5O4S2. The standard InChI is InChI=1S/C23H22ClN5O4S2/c1-3-29(4-2)35(32,33)18-10-8-17(9-11-18)26-20(30)14-34-23-27-21(19(13-25)22(31)28-23)15-6-5-7-16(24)12-15/h5-12H,3-4,14H2,1-2H3,(H,26,30)(H,27,28,31). The largest absolute Gasteiger partial charge is 0.325 e. The molecule has 0 aliphatic heterocycles. The smallest absolute Gasteiger partial charge is 0.270 e. The number of rotatable bonds is 9. The molecule has 1 heterocycles. The first kappa shape index (κ1) is 26.4. The minimum Gasteiger partial charge on any atom is -0.325 e. The molecule has 1 aromatic heterocycles. The molecule has 12 heteroatoms. The first-order valence-electron chi connectivity index (χ1n) is 10.5. The van der Waals surface area contributed by atoms with Gasteiger partial charge >= 0.3 is 0 Å². The van der Waals surface area contributed by atoms with Crippen LogP contribution in [0.1, 0.15) is 19.4 Å². The number of nitriles is 1. The number of amides is 1. The zero-order chi connectivity index (χ0) is 25.6. The Morgan fingerprint density at radius 1 is 1.20 bits per heavy atom. The highest BCUT2D eigenvalue weighted by Crippen LogP contribution is 2.25. The molecular weight excluding hydrogens is 510 g/mol. The molecule has 3 aromatic rings. The van der Waals surface area contributed by atoms with E-state index in [2.05, 4.69) is 15.3 Å². The third kappa shape index (κ3) is 6.29. The Morgan fingerprint density at radius 2 is 1.89 bits per heavy atom. The number of H-pyrrole nitrogens is 1. The number of anilines is 1. The Morgan fingerprint density at radius 3 is 2.49 bits per heavy atom. The van der Waals surface area contributed by atoms with Gasteiger partial charge in [-0.1, -0.05) is 49.3 Å². The van der Waals surface area contributed by atoms with Crippen molar-refractivity contribution in [1.29, 1.82) is 5.26 Å². The molecule has 2 N–H and O–H groups in total. The molecule has 9 nitrogen and oxygen atoms in total. The summed E-state index contributed by atoms with van der Waals surface area (Å²) in [5.74, 6) is -0.464. The van der Waals surface area contributed by atoms with Crippen molar-refractivity contribution >= 4 is 45.0 Å². The Balaban J connectivity index is 1.71. The van der Waals surface area contributed by atoms with Crippen molar-refractivity contribution in [3.63, 3.8) is 0 Å². The second-order valence-electron chi connectivity index (χ2n) is 7.17. The van der Waals surface area contributed by atoms with E-state index in [1.54, 1.807) is 38.1 Å². The lowest BCUT2D eigenvalue weighted by Gasteiger charge is -2.18. The van der Waals surface area contributed by atoms with Gasteiger partial charge in [-0.25, -0.2) is 13.4 Å². The Hall–Kier alpha value is -3.17. The van der Waals surface area contributed by atoms with Crippen molar-refractivity contribution in [3.8, 4) is 17.3 Å². The number of hydrogen-bond donors (Lipinski definition) is 2. The number of sulfonamides is 1. The molecule has 1 amide bonds. The van der Waals surface area contributed by atoms with Crippen LogP contribution in [0.25, 0.3) is 11.3 Å². The monoisotopic (exact) mass is 531 g/mol. The number of nitrogens with one attached hydrogen (secondary N) is 2. The van der Waals surface area contributed by atoms with E-state index in [1.807, 2.05) is 6.07 Å². The number of carbonyl (C=O) groups is 1. The fourth-order valence-corrected chi connectivity index (χ4v) is 5.53. The summed E-state index contributed by atoms with van der Waals surface area (Å²) in [4.78, 5) is 31.8. The maximum absolute atomic E-state index is 12.6. The van der Waals surface area contributed by atoms with Crippen LogP contribution >= 0.6 is 23.4 Å². The molecule has 0 bridgehead atoms. The van der Waals surface area contributed by atoms with Crippen molar-refractivity contribution in [2.24, 2.45) is 0 Å². The van der Waals surface area contributed by atoms with E-state index < -0.39 is 15.6 Å². The number of thioether (sulfide) groups is 1. The number of hydrogen-bond acceptors (Lipinski definition) is 7. The number of aromatic nitrogens is 2. The van der Waals surface area contributed by atoms with Gasteiger partial charge in [0.05, 0.1) is 16.3 Å². The fourth-order valence-electron chi connectivity index (χ4n) is 3.22. The van der Waals surface area contributed by atoms with Crippen LogP contribution in [0.2, 0.25) is 5.02 Å². The number of halogens is 1. The van der Waals surface area contributed by atoms with Crippen LogP contribution in [0.3, 0.4) is 0 Å². The van der Waals surface area contributed by atoms with Crippen molar-refractivity contribution in [3.05, 3.63) is 69.5 Å². The quantitative estimate of drug-likeness (QED) is 0.317. The third-order valence-corrected chi connectivity index (χ3v) is 8.10. The predicted octanol–water partition coefficient (Wildman–Crippen LogP) is 3.72. The summed E-state index contributed by atoms with van der Waals surface area (Å²) in [5, 5.41) is 12.7. The lowest BCUT2D eigenvalue weighted by Crippen LogP contribution is -2.30. The van der Waals surface area contributed by atoms with Gasteiger partial charge in [0, 0.05) is 29.4 Å². The molecule has 0 aliphatic carbocycles. The summed E-state index contributed by atoms with van der Waals surface area (Å²) in [6.45, 7) is 4.25. The predicted molar refractivity (Wildman–Crippen MR) is 136 cm³/mol. The number of carbonyl (C=O) groups excluding carboxylic acids is 1. The van der Waals surface area contributed by atoms with Crippen LogP contribution in [-0.4, -0.2) is 47.4 Å². The highest BCUT2D eigenvalue weighted by molar-refractivity contribution is 7.99. The minimum absolute atomic E-state index is 0.0800. The zero-order valence-electron chi connectivity index (χ0n) is 18.9. The summed E-state index contributed by atoms with van der Waals surface area (Å²) in [5.41, 5.74) is 0.332. The Bertz CT molecular complexity index is 1430. The molecule has 0 spiro atoms. The molecule has 2 aromatic carbocycles. The van der Waals surface area contributed by atoms with E-state index in [0.717, 1.165) is 11.8 Å². The SMILES string of the molecule is CCN(CC)S(=O)(=O)c1ccc(NC(=O)CSc2nc(-c3cccc(Cl)c3)c(C#N)c(=O)[nH]2)cc1. The van der Waals surface area contributed by atoms with Crippen LogP contribution in [0.5, 0.6) is 0 Å². The van der Waals surface area contributed by atoms with Crippen molar-refractivity contribution in [1.82, 2.24) is 14.3 Å². The average molecular weight is 532 g/mol. The van der Waals surface area contributed by atoms with Crippen molar-refractivity contribution in [2.45, 2.75) is 23.9 Å². The van der Waals surface area contributed by atoms with Gasteiger partial charge in [-0.3, -0.25) is 9.59 Å². The Labute approximate surface area is 212 Å². The normalized spacial score (nSPS) is 11.3. The summed E-state index contributed by atoms with van der Waals surface area (Å²) < 4.78 is 26.5. The summed E-state index contributed by atoms with van der Waals surface area (Å²) in [6.07, 6.45) is 0.